The zero-order chi connectivity index (χ0) is 15.3. The summed E-state index contributed by atoms with van der Waals surface area (Å²) >= 11 is 0. The summed E-state index contributed by atoms with van der Waals surface area (Å²) in [5, 5.41) is 0. The van der Waals surface area contributed by atoms with E-state index in [4.69, 9.17) is 0 Å². The number of hydrogen-bond donors (Lipinski definition) is 1. The van der Waals surface area contributed by atoms with Gasteiger partial charge in [-0.05, 0) is 43.5 Å². The van der Waals surface area contributed by atoms with Crippen LogP contribution < -0.4 is 4.72 Å². The summed E-state index contributed by atoms with van der Waals surface area (Å²) in [4.78, 5) is 2.34. The number of piperidine rings is 1. The van der Waals surface area contributed by atoms with Crippen molar-refractivity contribution in [1.29, 1.82) is 0 Å². The van der Waals surface area contributed by atoms with Gasteiger partial charge in [0.25, 0.3) is 0 Å². The molecule has 118 valence electrons. The molecular weight excluding hydrogens is 291 g/mol. The van der Waals surface area contributed by atoms with E-state index in [0.717, 1.165) is 37.9 Å². The lowest BCUT2D eigenvalue weighted by atomic mass is 9.98. The van der Waals surface area contributed by atoms with E-state index in [1.165, 1.54) is 18.7 Å². The molecule has 21 heavy (non-hydrogen) atoms. The maximum absolute atomic E-state index is 13.3. The molecule has 1 heterocycles. The molecule has 1 aromatic carbocycles. The second kappa shape index (κ2) is 7.33. The molecule has 0 bridgehead atoms. The number of sulfonamides is 1. The van der Waals surface area contributed by atoms with E-state index in [1.54, 1.807) is 12.1 Å². The average Bonchev–Trinajstić information content (AvgIpc) is 2.39. The Kier molecular flexibility index (Phi) is 5.72. The molecule has 0 radical (unpaired) electrons. The van der Waals surface area contributed by atoms with Gasteiger partial charge in [0, 0.05) is 19.1 Å². The topological polar surface area (TPSA) is 49.4 Å². The Hall–Kier alpha value is -0.980. The maximum atomic E-state index is 13.3. The summed E-state index contributed by atoms with van der Waals surface area (Å²) in [6.07, 6.45) is 5.36. The second-order valence-corrected chi connectivity index (χ2v) is 7.54. The summed E-state index contributed by atoms with van der Waals surface area (Å²) < 4.78 is 38.0. The summed E-state index contributed by atoms with van der Waals surface area (Å²) in [7, 11) is -3.13. The minimum atomic E-state index is -3.13. The molecule has 1 aliphatic rings. The Balaban J connectivity index is 1.92. The highest BCUT2D eigenvalue weighted by Crippen LogP contribution is 2.22. The van der Waals surface area contributed by atoms with Crippen LogP contribution in [0, 0.1) is 5.82 Å². The Labute approximate surface area is 126 Å². The van der Waals surface area contributed by atoms with Crippen LogP contribution in [-0.2, 0) is 16.6 Å². The standard InChI is InChI=1S/C15H23FN2O2S/c1-21(19,20)17-9-8-15-7-2-3-10-18(15)12-13-5-4-6-14(16)11-13/h4-6,11,15,17H,2-3,7-10,12H2,1H3/t15-/m1/s1. The van der Waals surface area contributed by atoms with Crippen LogP contribution in [0.1, 0.15) is 31.2 Å². The second-order valence-electron chi connectivity index (χ2n) is 5.71. The van der Waals surface area contributed by atoms with Crippen molar-refractivity contribution in [3.8, 4) is 0 Å². The van der Waals surface area contributed by atoms with Crippen LogP contribution in [0.5, 0.6) is 0 Å². The number of likely N-dealkylation sites (tertiary alicyclic amines) is 1. The number of nitrogens with one attached hydrogen (secondary N) is 1. The lowest BCUT2D eigenvalue weighted by Gasteiger charge is -2.36. The molecule has 1 aromatic rings. The molecule has 0 amide bonds. The molecule has 0 saturated carbocycles. The molecule has 0 aromatic heterocycles. The van der Waals surface area contributed by atoms with Crippen LogP contribution in [0.4, 0.5) is 4.39 Å². The SMILES string of the molecule is CS(=O)(=O)NCC[C@H]1CCCCN1Cc1cccc(F)c1. The van der Waals surface area contributed by atoms with Gasteiger partial charge in [0.05, 0.1) is 6.26 Å². The fourth-order valence-corrected chi connectivity index (χ4v) is 3.36. The van der Waals surface area contributed by atoms with Crippen LogP contribution in [0.2, 0.25) is 0 Å². The maximum Gasteiger partial charge on any atom is 0.208 e. The van der Waals surface area contributed by atoms with Gasteiger partial charge in [-0.1, -0.05) is 18.6 Å². The van der Waals surface area contributed by atoms with E-state index in [-0.39, 0.29) is 5.82 Å². The van der Waals surface area contributed by atoms with Crippen LogP contribution in [0.25, 0.3) is 0 Å². The summed E-state index contributed by atoms with van der Waals surface area (Å²) in [5.41, 5.74) is 0.970. The van der Waals surface area contributed by atoms with Crippen LogP contribution >= 0.6 is 0 Å². The molecule has 0 aliphatic carbocycles. The summed E-state index contributed by atoms with van der Waals surface area (Å²) in [5.74, 6) is -0.209. The highest BCUT2D eigenvalue weighted by atomic mass is 32.2. The van der Waals surface area contributed by atoms with Crippen molar-refractivity contribution < 1.29 is 12.8 Å². The minimum Gasteiger partial charge on any atom is -0.296 e. The predicted octanol–water partition coefficient (Wildman–Crippen LogP) is 2.12. The van der Waals surface area contributed by atoms with Crippen molar-refractivity contribution >= 4 is 10.0 Å². The van der Waals surface area contributed by atoms with Gasteiger partial charge in [0.2, 0.25) is 10.0 Å². The van der Waals surface area contributed by atoms with Crippen molar-refractivity contribution in [2.24, 2.45) is 0 Å². The van der Waals surface area contributed by atoms with Gasteiger partial charge in [0.15, 0.2) is 0 Å². The first kappa shape index (κ1) is 16.4. The molecule has 1 atom stereocenters. The third-order valence-electron chi connectivity index (χ3n) is 3.87. The Morgan fingerprint density at radius 1 is 1.38 bits per heavy atom. The normalized spacial score (nSPS) is 20.6. The Morgan fingerprint density at radius 3 is 2.90 bits per heavy atom. The monoisotopic (exact) mass is 314 g/mol. The largest absolute Gasteiger partial charge is 0.296 e. The zero-order valence-electron chi connectivity index (χ0n) is 12.4. The van der Waals surface area contributed by atoms with E-state index in [0.29, 0.717) is 12.6 Å². The van der Waals surface area contributed by atoms with Crippen molar-refractivity contribution in [3.05, 3.63) is 35.6 Å². The van der Waals surface area contributed by atoms with Gasteiger partial charge in [-0.3, -0.25) is 4.90 Å². The zero-order valence-corrected chi connectivity index (χ0v) is 13.2. The Bertz CT molecular complexity index is 563. The molecular formula is C15H23FN2O2S. The van der Waals surface area contributed by atoms with Gasteiger partial charge >= 0.3 is 0 Å². The molecule has 1 fully saturated rings. The van der Waals surface area contributed by atoms with Gasteiger partial charge in [-0.25, -0.2) is 17.5 Å². The average molecular weight is 314 g/mol. The molecule has 1 aliphatic heterocycles. The fourth-order valence-electron chi connectivity index (χ4n) is 2.88. The summed E-state index contributed by atoms with van der Waals surface area (Å²) in [6, 6.07) is 7.04. The minimum absolute atomic E-state index is 0.209. The van der Waals surface area contributed by atoms with E-state index in [9.17, 15) is 12.8 Å². The third kappa shape index (κ3) is 5.73. The first-order valence-electron chi connectivity index (χ1n) is 7.37. The lowest BCUT2D eigenvalue weighted by Crippen LogP contribution is -2.41. The number of rotatable bonds is 6. The van der Waals surface area contributed by atoms with Crippen LogP contribution in [0.3, 0.4) is 0 Å². The number of halogens is 1. The van der Waals surface area contributed by atoms with Crippen molar-refractivity contribution in [3.63, 3.8) is 0 Å². The van der Waals surface area contributed by atoms with Gasteiger partial charge < -0.3 is 0 Å². The molecule has 6 heteroatoms. The first-order valence-corrected chi connectivity index (χ1v) is 9.26. The molecule has 1 N–H and O–H groups in total. The summed E-state index contributed by atoms with van der Waals surface area (Å²) in [6.45, 7) is 2.17. The predicted molar refractivity (Wildman–Crippen MR) is 81.9 cm³/mol. The van der Waals surface area contributed by atoms with Crippen molar-refractivity contribution in [2.75, 3.05) is 19.3 Å². The third-order valence-corrected chi connectivity index (χ3v) is 4.59. The number of benzene rings is 1. The van der Waals surface area contributed by atoms with Crippen molar-refractivity contribution in [1.82, 2.24) is 9.62 Å². The quantitative estimate of drug-likeness (QED) is 0.875. The highest BCUT2D eigenvalue weighted by molar-refractivity contribution is 7.88. The molecule has 4 nitrogen and oxygen atoms in total. The van der Waals surface area contributed by atoms with E-state index in [1.807, 2.05) is 6.07 Å². The molecule has 0 spiro atoms. The first-order chi connectivity index (χ1) is 9.94. The molecule has 0 unspecified atom stereocenters. The molecule has 2 rings (SSSR count). The highest BCUT2D eigenvalue weighted by Gasteiger charge is 2.22. The van der Waals surface area contributed by atoms with Crippen molar-refractivity contribution in [2.45, 2.75) is 38.3 Å². The molecule has 1 saturated heterocycles. The van der Waals surface area contributed by atoms with Gasteiger partial charge in [0.1, 0.15) is 5.82 Å². The van der Waals surface area contributed by atoms with E-state index < -0.39 is 10.0 Å². The number of hydrogen-bond acceptors (Lipinski definition) is 3. The fraction of sp³-hybridized carbons (Fsp3) is 0.600. The van der Waals surface area contributed by atoms with Gasteiger partial charge in [-0.15, -0.1) is 0 Å². The smallest absolute Gasteiger partial charge is 0.208 e. The lowest BCUT2D eigenvalue weighted by molar-refractivity contribution is 0.133. The Morgan fingerprint density at radius 2 is 2.19 bits per heavy atom. The van der Waals surface area contributed by atoms with Crippen LogP contribution in [0.15, 0.2) is 24.3 Å². The van der Waals surface area contributed by atoms with E-state index >= 15 is 0 Å². The van der Waals surface area contributed by atoms with E-state index in [2.05, 4.69) is 9.62 Å². The van der Waals surface area contributed by atoms with Gasteiger partial charge in [-0.2, -0.15) is 0 Å². The number of nitrogens with zero attached hydrogens (tertiary/aromatic N) is 1. The van der Waals surface area contributed by atoms with Crippen LogP contribution in [-0.4, -0.2) is 38.7 Å².